The molecule has 1 heterocycles. The van der Waals surface area contributed by atoms with E-state index in [0.29, 0.717) is 5.13 Å². The van der Waals surface area contributed by atoms with Gasteiger partial charge in [0.15, 0.2) is 5.13 Å². The van der Waals surface area contributed by atoms with E-state index >= 15 is 0 Å². The number of carbonyl (C=O) groups excluding carboxylic acids is 1. The lowest BCUT2D eigenvalue weighted by Gasteiger charge is -2.03. The zero-order valence-electron chi connectivity index (χ0n) is 10.2. The molecule has 0 fully saturated rings. The Balaban J connectivity index is 2.50. The number of amides is 1. The molecule has 1 aromatic carbocycles. The first kappa shape index (κ1) is 11.9. The van der Waals surface area contributed by atoms with Crippen molar-refractivity contribution in [1.82, 2.24) is 4.98 Å². The lowest BCUT2D eigenvalue weighted by atomic mass is 10.0. The summed E-state index contributed by atoms with van der Waals surface area (Å²) >= 11 is 1.45. The van der Waals surface area contributed by atoms with Crippen molar-refractivity contribution in [2.24, 2.45) is 0 Å². The minimum absolute atomic E-state index is 0.491. The van der Waals surface area contributed by atoms with Crippen LogP contribution < -0.4 is 5.32 Å². The number of carbonyl (C=O) groups is 1. The fourth-order valence-corrected chi connectivity index (χ4v) is 2.68. The SMILES string of the molecule is COC(=O)Nc1nc2c(C)c(C)c(C)cc2s1. The van der Waals surface area contributed by atoms with Gasteiger partial charge in [-0.25, -0.2) is 9.78 Å². The summed E-state index contributed by atoms with van der Waals surface area (Å²) in [4.78, 5) is 15.5. The van der Waals surface area contributed by atoms with Crippen molar-refractivity contribution in [2.75, 3.05) is 12.4 Å². The highest BCUT2D eigenvalue weighted by atomic mass is 32.1. The van der Waals surface area contributed by atoms with Gasteiger partial charge >= 0.3 is 6.09 Å². The predicted octanol–water partition coefficient (Wildman–Crippen LogP) is 3.40. The number of anilines is 1. The Hall–Kier alpha value is -1.62. The molecule has 2 rings (SSSR count). The topological polar surface area (TPSA) is 51.2 Å². The van der Waals surface area contributed by atoms with Crippen molar-refractivity contribution in [2.45, 2.75) is 20.8 Å². The van der Waals surface area contributed by atoms with Gasteiger partial charge in [-0.05, 0) is 43.5 Å². The first-order chi connectivity index (χ1) is 8.02. The highest BCUT2D eigenvalue weighted by molar-refractivity contribution is 7.22. The third kappa shape index (κ3) is 2.10. The third-order valence-corrected chi connectivity index (χ3v) is 3.82. The zero-order valence-corrected chi connectivity index (χ0v) is 11.1. The van der Waals surface area contributed by atoms with E-state index in [9.17, 15) is 4.79 Å². The van der Waals surface area contributed by atoms with Gasteiger partial charge < -0.3 is 4.74 Å². The number of ether oxygens (including phenoxy) is 1. The number of hydrogen-bond donors (Lipinski definition) is 1. The first-order valence-corrected chi connectivity index (χ1v) is 6.07. The van der Waals surface area contributed by atoms with Crippen molar-refractivity contribution < 1.29 is 9.53 Å². The van der Waals surface area contributed by atoms with E-state index < -0.39 is 6.09 Å². The molecule has 1 amide bonds. The average Bonchev–Trinajstić information content (AvgIpc) is 2.68. The van der Waals surface area contributed by atoms with E-state index in [2.05, 4.69) is 35.0 Å². The van der Waals surface area contributed by atoms with Crippen molar-refractivity contribution in [3.63, 3.8) is 0 Å². The standard InChI is InChI=1S/C12H14N2O2S/c1-6-5-9-10(8(3)7(6)2)13-11(17-9)14-12(15)16-4/h5H,1-4H3,(H,13,14,15). The van der Waals surface area contributed by atoms with E-state index in [1.165, 1.54) is 29.6 Å². The molecular formula is C12H14N2O2S. The molecule has 0 bridgehead atoms. The second kappa shape index (κ2) is 4.33. The second-order valence-corrected chi connectivity index (χ2v) is 4.96. The fraction of sp³-hybridized carbons (Fsp3) is 0.333. The van der Waals surface area contributed by atoms with Gasteiger partial charge in [-0.1, -0.05) is 11.3 Å². The van der Waals surface area contributed by atoms with Gasteiger partial charge in [0, 0.05) is 0 Å². The number of nitrogens with one attached hydrogen (secondary N) is 1. The van der Waals surface area contributed by atoms with Gasteiger partial charge in [0.25, 0.3) is 0 Å². The molecule has 5 heteroatoms. The van der Waals surface area contributed by atoms with Crippen LogP contribution in [0.2, 0.25) is 0 Å². The third-order valence-electron chi connectivity index (χ3n) is 2.90. The Kier molecular flexibility index (Phi) is 3.02. The molecule has 0 aliphatic heterocycles. The molecule has 0 saturated carbocycles. The van der Waals surface area contributed by atoms with Gasteiger partial charge in [0.2, 0.25) is 0 Å². The summed E-state index contributed by atoms with van der Waals surface area (Å²) in [5, 5.41) is 3.16. The Labute approximate surface area is 104 Å². The maximum absolute atomic E-state index is 11.1. The van der Waals surface area contributed by atoms with E-state index in [4.69, 9.17) is 0 Å². The summed E-state index contributed by atoms with van der Waals surface area (Å²) in [5.74, 6) is 0. The molecule has 0 aliphatic carbocycles. The summed E-state index contributed by atoms with van der Waals surface area (Å²) in [6.45, 7) is 6.21. The molecular weight excluding hydrogens is 236 g/mol. The molecule has 17 heavy (non-hydrogen) atoms. The summed E-state index contributed by atoms with van der Waals surface area (Å²) in [6, 6.07) is 2.10. The Morgan fingerprint density at radius 1 is 1.35 bits per heavy atom. The lowest BCUT2D eigenvalue weighted by Crippen LogP contribution is -2.10. The smallest absolute Gasteiger partial charge is 0.413 e. The number of methoxy groups -OCH3 is 1. The summed E-state index contributed by atoms with van der Waals surface area (Å²) in [7, 11) is 1.34. The van der Waals surface area contributed by atoms with E-state index in [1.807, 2.05) is 6.92 Å². The molecule has 0 unspecified atom stereocenters. The molecule has 1 aromatic heterocycles. The molecule has 0 spiro atoms. The zero-order chi connectivity index (χ0) is 12.6. The van der Waals surface area contributed by atoms with Gasteiger partial charge in [0.05, 0.1) is 17.3 Å². The van der Waals surface area contributed by atoms with Crippen LogP contribution in [0.1, 0.15) is 16.7 Å². The quantitative estimate of drug-likeness (QED) is 0.844. The minimum atomic E-state index is -0.491. The lowest BCUT2D eigenvalue weighted by molar-refractivity contribution is 0.187. The van der Waals surface area contributed by atoms with Crippen LogP contribution >= 0.6 is 11.3 Å². The van der Waals surface area contributed by atoms with Gasteiger partial charge in [0.1, 0.15) is 0 Å². The van der Waals surface area contributed by atoms with Gasteiger partial charge in [-0.3, -0.25) is 5.32 Å². The average molecular weight is 250 g/mol. The minimum Gasteiger partial charge on any atom is -0.453 e. The second-order valence-electron chi connectivity index (χ2n) is 3.93. The Bertz CT molecular complexity index is 590. The molecule has 0 atom stereocenters. The van der Waals surface area contributed by atoms with Crippen LogP contribution in [0.3, 0.4) is 0 Å². The summed E-state index contributed by atoms with van der Waals surface area (Å²) in [5.41, 5.74) is 4.59. The Morgan fingerprint density at radius 2 is 2.06 bits per heavy atom. The summed E-state index contributed by atoms with van der Waals surface area (Å²) < 4.78 is 5.63. The van der Waals surface area contributed by atoms with Crippen LogP contribution in [-0.4, -0.2) is 18.2 Å². The Morgan fingerprint density at radius 3 is 2.71 bits per heavy atom. The number of benzene rings is 1. The van der Waals surface area contributed by atoms with E-state index in [0.717, 1.165) is 15.8 Å². The first-order valence-electron chi connectivity index (χ1n) is 5.25. The molecule has 0 saturated heterocycles. The maximum Gasteiger partial charge on any atom is 0.413 e. The fourth-order valence-electron chi connectivity index (χ4n) is 1.67. The molecule has 1 N–H and O–H groups in total. The molecule has 2 aromatic rings. The number of aryl methyl sites for hydroxylation is 2. The van der Waals surface area contributed by atoms with Crippen LogP contribution in [0.25, 0.3) is 10.2 Å². The van der Waals surface area contributed by atoms with Crippen LogP contribution in [0, 0.1) is 20.8 Å². The number of aromatic nitrogens is 1. The largest absolute Gasteiger partial charge is 0.453 e. The number of nitrogens with zero attached hydrogens (tertiary/aromatic N) is 1. The van der Waals surface area contributed by atoms with Crippen LogP contribution in [0.15, 0.2) is 6.07 Å². The monoisotopic (exact) mass is 250 g/mol. The number of hydrogen-bond acceptors (Lipinski definition) is 4. The number of fused-ring (bicyclic) bond motifs is 1. The van der Waals surface area contributed by atoms with E-state index in [-0.39, 0.29) is 0 Å². The van der Waals surface area contributed by atoms with Gasteiger partial charge in [-0.2, -0.15) is 0 Å². The number of thiazole rings is 1. The predicted molar refractivity (Wildman–Crippen MR) is 69.9 cm³/mol. The molecule has 0 aliphatic rings. The van der Waals surface area contributed by atoms with Crippen molar-refractivity contribution in [1.29, 1.82) is 0 Å². The van der Waals surface area contributed by atoms with Crippen LogP contribution in [-0.2, 0) is 4.74 Å². The number of rotatable bonds is 1. The summed E-state index contributed by atoms with van der Waals surface area (Å²) in [6.07, 6.45) is -0.491. The molecule has 4 nitrogen and oxygen atoms in total. The van der Waals surface area contributed by atoms with Crippen LogP contribution in [0.4, 0.5) is 9.93 Å². The van der Waals surface area contributed by atoms with Crippen molar-refractivity contribution >= 4 is 32.8 Å². The highest BCUT2D eigenvalue weighted by Crippen LogP contribution is 2.31. The van der Waals surface area contributed by atoms with Crippen molar-refractivity contribution in [3.05, 3.63) is 22.8 Å². The molecule has 0 radical (unpaired) electrons. The molecule has 90 valence electrons. The highest BCUT2D eigenvalue weighted by Gasteiger charge is 2.11. The van der Waals surface area contributed by atoms with E-state index in [1.54, 1.807) is 0 Å². The normalized spacial score (nSPS) is 10.6. The van der Waals surface area contributed by atoms with Crippen LogP contribution in [0.5, 0.6) is 0 Å². The maximum atomic E-state index is 11.1. The van der Waals surface area contributed by atoms with Gasteiger partial charge in [-0.15, -0.1) is 0 Å². The van der Waals surface area contributed by atoms with Crippen molar-refractivity contribution in [3.8, 4) is 0 Å².